The molecule has 2 aromatic rings. The van der Waals surface area contributed by atoms with Gasteiger partial charge in [-0.2, -0.15) is 5.48 Å². The molecule has 0 spiro atoms. The van der Waals surface area contributed by atoms with Crippen molar-refractivity contribution in [3.05, 3.63) is 71.3 Å². The number of nitrogens with two attached hydrogens (primary N) is 1. The molecule has 7 nitrogen and oxygen atoms in total. The average Bonchev–Trinajstić information content (AvgIpc) is 2.86. The van der Waals surface area contributed by atoms with Gasteiger partial charge in [0, 0.05) is 6.54 Å². The van der Waals surface area contributed by atoms with Gasteiger partial charge in [-0.1, -0.05) is 74.9 Å². The van der Waals surface area contributed by atoms with E-state index in [9.17, 15) is 14.4 Å². The first-order valence-corrected chi connectivity index (χ1v) is 12.0. The lowest BCUT2D eigenvalue weighted by Gasteiger charge is -2.17. The van der Waals surface area contributed by atoms with Gasteiger partial charge in [-0.15, -0.1) is 0 Å². The highest BCUT2D eigenvalue weighted by molar-refractivity contribution is 5.82. The van der Waals surface area contributed by atoms with Crippen molar-refractivity contribution in [1.29, 1.82) is 0 Å². The molecule has 34 heavy (non-hydrogen) atoms. The smallest absolute Gasteiger partial charge is 0.334 e. The molecule has 184 valence electrons. The van der Waals surface area contributed by atoms with Crippen LogP contribution >= 0.6 is 0 Å². The Morgan fingerprint density at radius 3 is 2.12 bits per heavy atom. The minimum atomic E-state index is -0.628. The maximum atomic E-state index is 12.1. The molecule has 0 aliphatic carbocycles. The molecule has 0 saturated heterocycles. The van der Waals surface area contributed by atoms with Crippen molar-refractivity contribution in [2.45, 2.75) is 64.8 Å². The number of hydrogen-bond acceptors (Lipinski definition) is 5. The fourth-order valence-corrected chi connectivity index (χ4v) is 3.43. The van der Waals surface area contributed by atoms with Crippen LogP contribution in [0.4, 0.5) is 0 Å². The summed E-state index contributed by atoms with van der Waals surface area (Å²) in [5, 5.41) is 2.61. The Bertz CT molecular complexity index is 900. The number of nitrogens with one attached hydrogen (secondary N) is 2. The third kappa shape index (κ3) is 10.2. The van der Waals surface area contributed by atoms with Crippen molar-refractivity contribution in [1.82, 2.24) is 10.8 Å². The molecule has 7 heteroatoms. The van der Waals surface area contributed by atoms with Crippen LogP contribution in [-0.4, -0.2) is 30.4 Å². The van der Waals surface area contributed by atoms with Crippen LogP contribution in [0.3, 0.4) is 0 Å². The molecule has 1 unspecified atom stereocenters. The van der Waals surface area contributed by atoms with Crippen molar-refractivity contribution < 1.29 is 19.2 Å². The molecule has 4 N–H and O–H groups in total. The predicted octanol–water partition coefficient (Wildman–Crippen LogP) is 3.25. The Balaban J connectivity index is 1.60. The third-order valence-electron chi connectivity index (χ3n) is 5.88. The van der Waals surface area contributed by atoms with E-state index < -0.39 is 17.9 Å². The second-order valence-electron chi connectivity index (χ2n) is 8.64. The zero-order chi connectivity index (χ0) is 24.8. The summed E-state index contributed by atoms with van der Waals surface area (Å²) in [4.78, 5) is 40.5. The minimum absolute atomic E-state index is 0.0555. The number of carbonyl (C=O) groups is 3. The van der Waals surface area contributed by atoms with Crippen molar-refractivity contribution in [2.75, 3.05) is 6.54 Å². The standard InChI is InChI=1S/C27H37N3O4/c1-3-20(2)26(28)27(33)29-18-17-25(32)34-30-24(31)19-23-15-13-22(14-16-23)12-8-7-11-21-9-5-4-6-10-21/h4-6,9-10,13-16,20,26H,3,7-8,11-12,17-19,28H2,1-2H3,(H,29,33)(H,30,31)/t20?,26-/m0/s1. The van der Waals surface area contributed by atoms with Gasteiger partial charge in [-0.25, -0.2) is 4.79 Å². The van der Waals surface area contributed by atoms with E-state index in [1.807, 2.05) is 44.2 Å². The molecule has 0 radical (unpaired) electrons. The fourth-order valence-electron chi connectivity index (χ4n) is 3.43. The monoisotopic (exact) mass is 467 g/mol. The van der Waals surface area contributed by atoms with E-state index in [1.165, 1.54) is 11.1 Å². The highest BCUT2D eigenvalue weighted by Crippen LogP contribution is 2.11. The van der Waals surface area contributed by atoms with E-state index in [0.717, 1.165) is 37.7 Å². The van der Waals surface area contributed by atoms with E-state index in [-0.39, 0.29) is 31.2 Å². The number of carbonyl (C=O) groups excluding carboxylic acids is 3. The van der Waals surface area contributed by atoms with E-state index in [4.69, 9.17) is 10.6 Å². The number of aryl methyl sites for hydroxylation is 2. The predicted molar refractivity (Wildman–Crippen MR) is 133 cm³/mol. The molecule has 0 heterocycles. The number of benzene rings is 2. The highest BCUT2D eigenvalue weighted by atomic mass is 16.7. The molecule has 0 bridgehead atoms. The van der Waals surface area contributed by atoms with Crippen LogP contribution in [0, 0.1) is 5.92 Å². The fraction of sp³-hybridized carbons (Fsp3) is 0.444. The lowest BCUT2D eigenvalue weighted by molar-refractivity contribution is -0.158. The SMILES string of the molecule is CCC(C)[C@H](N)C(=O)NCCC(=O)ONC(=O)Cc1ccc(CCCCc2ccccc2)cc1. The number of rotatable bonds is 13. The van der Waals surface area contributed by atoms with Crippen molar-refractivity contribution in [3.8, 4) is 0 Å². The molecule has 0 aliphatic heterocycles. The zero-order valence-electron chi connectivity index (χ0n) is 20.2. The first-order valence-electron chi connectivity index (χ1n) is 12.0. The first kappa shape index (κ1) is 27.1. The number of hydrogen-bond donors (Lipinski definition) is 3. The molecule has 0 fully saturated rings. The number of hydroxylamine groups is 1. The van der Waals surface area contributed by atoms with Crippen LogP contribution in [0.15, 0.2) is 54.6 Å². The summed E-state index contributed by atoms with van der Waals surface area (Å²) in [7, 11) is 0. The summed E-state index contributed by atoms with van der Waals surface area (Å²) in [6.07, 6.45) is 5.16. The van der Waals surface area contributed by atoms with E-state index in [0.29, 0.717) is 0 Å². The second kappa shape index (κ2) is 14.9. The molecule has 2 amide bonds. The van der Waals surface area contributed by atoms with Crippen LogP contribution < -0.4 is 16.5 Å². The van der Waals surface area contributed by atoms with Crippen molar-refractivity contribution >= 4 is 17.8 Å². The maximum absolute atomic E-state index is 12.1. The Kier molecular flexibility index (Phi) is 11.8. The molecule has 0 saturated carbocycles. The normalized spacial score (nSPS) is 12.4. The summed E-state index contributed by atoms with van der Waals surface area (Å²) in [5.74, 6) is -1.28. The van der Waals surface area contributed by atoms with Crippen LogP contribution in [-0.2, 0) is 38.5 Å². The molecule has 2 aromatic carbocycles. The lowest BCUT2D eigenvalue weighted by atomic mass is 9.99. The highest BCUT2D eigenvalue weighted by Gasteiger charge is 2.19. The van der Waals surface area contributed by atoms with Gasteiger partial charge in [-0.3, -0.25) is 9.59 Å². The second-order valence-corrected chi connectivity index (χ2v) is 8.64. The van der Waals surface area contributed by atoms with Crippen LogP contribution in [0.25, 0.3) is 0 Å². The van der Waals surface area contributed by atoms with Crippen molar-refractivity contribution in [2.24, 2.45) is 11.7 Å². The summed E-state index contributed by atoms with van der Waals surface area (Å²) in [5.41, 5.74) is 11.4. The first-order chi connectivity index (χ1) is 16.4. The van der Waals surface area contributed by atoms with E-state index in [1.54, 1.807) is 0 Å². The Morgan fingerprint density at radius 2 is 1.50 bits per heavy atom. The number of unbranched alkanes of at least 4 members (excludes halogenated alkanes) is 1. The Morgan fingerprint density at radius 1 is 0.912 bits per heavy atom. The summed E-state index contributed by atoms with van der Waals surface area (Å²) >= 11 is 0. The van der Waals surface area contributed by atoms with Gasteiger partial charge in [-0.05, 0) is 48.3 Å². The third-order valence-corrected chi connectivity index (χ3v) is 5.88. The Hall–Kier alpha value is -3.19. The van der Waals surface area contributed by atoms with Gasteiger partial charge in [0.25, 0.3) is 5.91 Å². The topological polar surface area (TPSA) is 111 Å². The van der Waals surface area contributed by atoms with Gasteiger partial charge >= 0.3 is 5.97 Å². The van der Waals surface area contributed by atoms with Gasteiger partial charge in [0.15, 0.2) is 0 Å². The quantitative estimate of drug-likeness (QED) is 0.309. The van der Waals surface area contributed by atoms with E-state index in [2.05, 4.69) is 35.1 Å². The van der Waals surface area contributed by atoms with Crippen LogP contribution in [0.1, 0.15) is 56.2 Å². The van der Waals surface area contributed by atoms with E-state index >= 15 is 0 Å². The summed E-state index contributed by atoms with van der Waals surface area (Å²) < 4.78 is 0. The van der Waals surface area contributed by atoms with Crippen LogP contribution in [0.2, 0.25) is 0 Å². The Labute approximate surface area is 202 Å². The lowest BCUT2D eigenvalue weighted by Crippen LogP contribution is -2.45. The van der Waals surface area contributed by atoms with Gasteiger partial charge < -0.3 is 15.9 Å². The van der Waals surface area contributed by atoms with Crippen LogP contribution in [0.5, 0.6) is 0 Å². The molecule has 2 atom stereocenters. The summed E-state index contributed by atoms with van der Waals surface area (Å²) in [6.45, 7) is 3.96. The molecule has 0 aromatic heterocycles. The largest absolute Gasteiger partial charge is 0.354 e. The zero-order valence-corrected chi connectivity index (χ0v) is 20.2. The van der Waals surface area contributed by atoms with Crippen molar-refractivity contribution in [3.63, 3.8) is 0 Å². The molecular weight excluding hydrogens is 430 g/mol. The average molecular weight is 468 g/mol. The molecular formula is C27H37N3O4. The van der Waals surface area contributed by atoms with Gasteiger partial charge in [0.05, 0.1) is 18.9 Å². The van der Waals surface area contributed by atoms with Gasteiger partial charge in [0.1, 0.15) is 0 Å². The minimum Gasteiger partial charge on any atom is -0.354 e. The molecule has 0 aliphatic rings. The molecule has 2 rings (SSSR count). The summed E-state index contributed by atoms with van der Waals surface area (Å²) in [6, 6.07) is 17.8. The number of amides is 2. The maximum Gasteiger partial charge on any atom is 0.334 e. The van der Waals surface area contributed by atoms with Gasteiger partial charge in [0.2, 0.25) is 5.91 Å².